The molecular weight excluding hydrogens is 380 g/mol. The second kappa shape index (κ2) is 12.1. The van der Waals surface area contributed by atoms with E-state index < -0.39 is 14.3 Å². The number of hydrogen-bond acceptors (Lipinski definition) is 3. The van der Waals surface area contributed by atoms with Gasteiger partial charge in [0.25, 0.3) is 8.32 Å². The van der Waals surface area contributed by atoms with E-state index in [1.807, 2.05) is 12.1 Å². The van der Waals surface area contributed by atoms with Gasteiger partial charge in [-0.1, -0.05) is 46.6 Å². The fourth-order valence-electron chi connectivity index (χ4n) is 1.81. The lowest BCUT2D eigenvalue weighted by Crippen LogP contribution is -2.43. The van der Waals surface area contributed by atoms with Gasteiger partial charge in [-0.15, -0.1) is 11.6 Å². The molecule has 0 unspecified atom stereocenters. The molecule has 0 aliphatic heterocycles. The Morgan fingerprint density at radius 2 is 1.85 bits per heavy atom. The van der Waals surface area contributed by atoms with Crippen LogP contribution in [-0.2, 0) is 4.79 Å². The number of alkyl halides is 1. The first-order valence-corrected chi connectivity index (χ1v) is 12.8. The van der Waals surface area contributed by atoms with Crippen molar-refractivity contribution < 1.29 is 19.1 Å². The minimum Gasteiger partial charge on any atom is -0.541 e. The summed E-state index contributed by atoms with van der Waals surface area (Å²) in [5, 5.41) is 8.76. The molecule has 0 aliphatic carbocycles. The Hall–Kier alpha value is -1.46. The molecule has 0 bridgehead atoms. The van der Waals surface area contributed by atoms with Crippen molar-refractivity contribution in [3.05, 3.63) is 29.8 Å². The van der Waals surface area contributed by atoms with E-state index in [9.17, 15) is 4.79 Å². The van der Waals surface area contributed by atoms with Crippen molar-refractivity contribution in [1.82, 2.24) is 0 Å². The molecule has 1 aromatic rings. The Morgan fingerprint density at radius 3 is 2.26 bits per heavy atom. The molecule has 0 aliphatic rings. The minimum atomic E-state index is -1.94. The van der Waals surface area contributed by atoms with E-state index in [1.165, 1.54) is 25.3 Å². The highest BCUT2D eigenvalue weighted by Gasteiger charge is 2.39. The summed E-state index contributed by atoms with van der Waals surface area (Å²) in [6.45, 7) is 13.0. The van der Waals surface area contributed by atoms with E-state index in [-0.39, 0.29) is 5.04 Å². The third-order valence-electron chi connectivity index (χ3n) is 4.51. The number of halogens is 1. The number of methoxy groups -OCH3 is 1. The van der Waals surface area contributed by atoms with Gasteiger partial charge in [-0.2, -0.15) is 0 Å². The second-order valence-electron chi connectivity index (χ2n) is 7.84. The number of unbranched alkanes of at least 4 members (excludes halogenated alkanes) is 2. The van der Waals surface area contributed by atoms with Gasteiger partial charge in [0.1, 0.15) is 5.75 Å². The van der Waals surface area contributed by atoms with E-state index in [2.05, 4.69) is 40.8 Å². The lowest BCUT2D eigenvalue weighted by atomic mass is 10.2. The summed E-state index contributed by atoms with van der Waals surface area (Å²) >= 11 is 5.38. The Bertz CT molecular complexity index is 603. The molecule has 4 nitrogen and oxygen atoms in total. The molecule has 0 saturated heterocycles. The van der Waals surface area contributed by atoms with E-state index in [0.29, 0.717) is 11.5 Å². The number of rotatable bonds is 8. The molecule has 0 heterocycles. The van der Waals surface area contributed by atoms with Crippen LogP contribution >= 0.6 is 11.6 Å². The van der Waals surface area contributed by atoms with Crippen LogP contribution in [0.15, 0.2) is 24.3 Å². The maximum absolute atomic E-state index is 10.6. The molecule has 6 heteroatoms. The molecule has 0 fully saturated rings. The maximum atomic E-state index is 10.6. The Kier molecular flexibility index (Phi) is 11.4. The van der Waals surface area contributed by atoms with Crippen molar-refractivity contribution in [3.8, 4) is 11.5 Å². The third-order valence-corrected chi connectivity index (χ3v) is 9.12. The van der Waals surface area contributed by atoms with Gasteiger partial charge in [0.2, 0.25) is 0 Å². The van der Waals surface area contributed by atoms with E-state index in [0.717, 1.165) is 17.5 Å². The second-order valence-corrected chi connectivity index (χ2v) is 12.9. The van der Waals surface area contributed by atoms with Gasteiger partial charge < -0.3 is 14.3 Å². The summed E-state index contributed by atoms with van der Waals surface area (Å²) < 4.78 is 11.6. The van der Waals surface area contributed by atoms with Crippen molar-refractivity contribution >= 4 is 32.0 Å². The highest BCUT2D eigenvalue weighted by molar-refractivity contribution is 6.74. The average molecular weight is 415 g/mol. The van der Waals surface area contributed by atoms with Gasteiger partial charge in [0.15, 0.2) is 5.75 Å². The molecule has 0 atom stereocenters. The Morgan fingerprint density at radius 1 is 1.22 bits per heavy atom. The van der Waals surface area contributed by atoms with Crippen LogP contribution in [0.1, 0.15) is 52.5 Å². The fourth-order valence-corrected chi connectivity index (χ4v) is 3.03. The molecule has 1 N–H and O–H groups in total. The lowest BCUT2D eigenvalue weighted by Gasteiger charge is -2.36. The van der Waals surface area contributed by atoms with Crippen LogP contribution in [0.5, 0.6) is 11.5 Å². The molecule has 0 spiro atoms. The largest absolute Gasteiger partial charge is 0.541 e. The predicted molar refractivity (Wildman–Crippen MR) is 118 cm³/mol. The zero-order valence-corrected chi connectivity index (χ0v) is 19.5. The van der Waals surface area contributed by atoms with Gasteiger partial charge in [-0.3, -0.25) is 0 Å². The van der Waals surface area contributed by atoms with Crippen LogP contribution in [0, 0.1) is 0 Å². The van der Waals surface area contributed by atoms with Crippen LogP contribution in [0.2, 0.25) is 18.1 Å². The highest BCUT2D eigenvalue weighted by atomic mass is 35.5. The number of hydrogen-bond donors (Lipinski definition) is 1. The summed E-state index contributed by atoms with van der Waals surface area (Å²) in [4.78, 5) is 10.6. The van der Waals surface area contributed by atoms with Gasteiger partial charge in [-0.05, 0) is 48.3 Å². The Balaban J connectivity index is 0.000000972. The zero-order valence-electron chi connectivity index (χ0n) is 17.8. The lowest BCUT2D eigenvalue weighted by molar-refractivity contribution is -0.131. The number of carboxylic acid groups (broad SMARTS) is 1. The fraction of sp³-hybridized carbons (Fsp3) is 0.571. The van der Waals surface area contributed by atoms with E-state index in [1.54, 1.807) is 13.2 Å². The van der Waals surface area contributed by atoms with Crippen LogP contribution in [0.4, 0.5) is 0 Å². The van der Waals surface area contributed by atoms with Gasteiger partial charge in [-0.25, -0.2) is 4.79 Å². The predicted octanol–water partition coefficient (Wildman–Crippen LogP) is 6.59. The first kappa shape index (κ1) is 25.5. The molecule has 0 radical (unpaired) electrons. The number of benzene rings is 1. The smallest absolute Gasteiger partial charge is 0.328 e. The number of carbonyl (C=O) groups is 1. The van der Waals surface area contributed by atoms with Crippen molar-refractivity contribution in [2.75, 3.05) is 13.0 Å². The van der Waals surface area contributed by atoms with Crippen LogP contribution in [0.25, 0.3) is 6.08 Å². The van der Waals surface area contributed by atoms with Crippen molar-refractivity contribution in [1.29, 1.82) is 0 Å². The molecule has 0 amide bonds. The molecule has 0 aromatic heterocycles. The van der Waals surface area contributed by atoms with Crippen molar-refractivity contribution in [3.63, 3.8) is 0 Å². The molecular formula is C21H35ClO4Si. The normalized spacial score (nSPS) is 11.7. The third kappa shape index (κ3) is 9.87. The number of aliphatic carboxylic acids is 1. The first-order valence-electron chi connectivity index (χ1n) is 9.32. The quantitative estimate of drug-likeness (QED) is 0.225. The molecule has 27 heavy (non-hydrogen) atoms. The zero-order chi connectivity index (χ0) is 21.1. The minimum absolute atomic E-state index is 0.0971. The van der Waals surface area contributed by atoms with E-state index >= 15 is 0 Å². The first-order chi connectivity index (χ1) is 12.5. The molecule has 0 saturated carbocycles. The van der Waals surface area contributed by atoms with E-state index in [4.69, 9.17) is 25.9 Å². The molecule has 1 aromatic carbocycles. The SMILES string of the molecule is CCCCCCl.COc1cc(/C=C/C(=O)O)ccc1O[Si](C)(C)C(C)(C)C. The summed E-state index contributed by atoms with van der Waals surface area (Å²) in [6.07, 6.45) is 6.36. The standard InChI is InChI=1S/C16H24O4Si.C5H11Cl/c1-16(2,3)21(5,6)20-13-9-7-12(8-10-15(17)18)11-14(13)19-4;1-2-3-4-5-6/h7-11H,1-6H3,(H,17,18);2-5H2,1H3/b10-8+;. The summed E-state index contributed by atoms with van der Waals surface area (Å²) in [7, 11) is -0.357. The Labute approximate surface area is 170 Å². The topological polar surface area (TPSA) is 55.8 Å². The molecule has 1 rings (SSSR count). The monoisotopic (exact) mass is 414 g/mol. The van der Waals surface area contributed by atoms with Crippen LogP contribution in [0.3, 0.4) is 0 Å². The van der Waals surface area contributed by atoms with Crippen LogP contribution in [-0.4, -0.2) is 32.4 Å². The van der Waals surface area contributed by atoms with Crippen molar-refractivity contribution in [2.45, 2.75) is 65.1 Å². The summed E-state index contributed by atoms with van der Waals surface area (Å²) in [6, 6.07) is 5.44. The van der Waals surface area contributed by atoms with Gasteiger partial charge >= 0.3 is 5.97 Å². The summed E-state index contributed by atoms with van der Waals surface area (Å²) in [5.74, 6) is 1.17. The van der Waals surface area contributed by atoms with Gasteiger partial charge in [0.05, 0.1) is 7.11 Å². The van der Waals surface area contributed by atoms with Gasteiger partial charge in [0, 0.05) is 12.0 Å². The number of carboxylic acids is 1. The number of ether oxygens (including phenoxy) is 1. The average Bonchev–Trinajstić information content (AvgIpc) is 2.58. The van der Waals surface area contributed by atoms with Crippen LogP contribution < -0.4 is 9.16 Å². The highest BCUT2D eigenvalue weighted by Crippen LogP contribution is 2.40. The maximum Gasteiger partial charge on any atom is 0.328 e. The van der Waals surface area contributed by atoms with Crippen molar-refractivity contribution in [2.24, 2.45) is 0 Å². The summed E-state index contributed by atoms with van der Waals surface area (Å²) in [5.41, 5.74) is 0.761. The molecule has 154 valence electrons.